The number of amides is 1. The van der Waals surface area contributed by atoms with E-state index < -0.39 is 15.8 Å². The smallest absolute Gasteiger partial charge is 0.265 e. The van der Waals surface area contributed by atoms with Gasteiger partial charge in [-0.05, 0) is 48.5 Å². The van der Waals surface area contributed by atoms with E-state index in [-0.39, 0.29) is 33.7 Å². The topological polar surface area (TPSA) is 80.6 Å². The number of carbonyl (C=O) groups excluding carboxylic acids is 1. The lowest BCUT2D eigenvalue weighted by atomic mass is 10.0. The van der Waals surface area contributed by atoms with Gasteiger partial charge in [-0.2, -0.15) is 0 Å². The highest BCUT2D eigenvalue weighted by Gasteiger charge is 2.29. The molecule has 192 valence electrons. The number of sulfonamides is 1. The number of aromatic nitrogens is 1. The fourth-order valence-corrected chi connectivity index (χ4v) is 6.39. The zero-order valence-corrected chi connectivity index (χ0v) is 23.0. The molecule has 3 aromatic carbocycles. The Balaban J connectivity index is 1.47. The van der Waals surface area contributed by atoms with E-state index in [0.717, 1.165) is 15.7 Å². The van der Waals surface area contributed by atoms with Crippen LogP contribution in [0.1, 0.15) is 21.6 Å². The summed E-state index contributed by atoms with van der Waals surface area (Å²) in [6.45, 7) is 0.661. The first-order chi connectivity index (χ1) is 17.6. The van der Waals surface area contributed by atoms with E-state index in [1.165, 1.54) is 31.4 Å². The molecule has 1 aliphatic heterocycles. The van der Waals surface area contributed by atoms with E-state index in [1.807, 2.05) is 0 Å². The molecule has 1 aliphatic rings. The van der Waals surface area contributed by atoms with Crippen LogP contribution in [0, 0.1) is 5.82 Å². The summed E-state index contributed by atoms with van der Waals surface area (Å²) in [4.78, 5) is 15.0. The molecule has 0 saturated carbocycles. The van der Waals surface area contributed by atoms with Crippen molar-refractivity contribution >= 4 is 60.1 Å². The lowest BCUT2D eigenvalue weighted by Gasteiger charge is -2.28. The second-order valence-electron chi connectivity index (χ2n) is 8.70. The Kier molecular flexibility index (Phi) is 6.68. The van der Waals surface area contributed by atoms with Gasteiger partial charge in [-0.15, -0.1) is 0 Å². The minimum absolute atomic E-state index is 0.0436. The fourth-order valence-electron chi connectivity index (χ4n) is 4.71. The van der Waals surface area contributed by atoms with Gasteiger partial charge in [-0.3, -0.25) is 9.52 Å². The lowest BCUT2D eigenvalue weighted by molar-refractivity contribution is 0.0734. The summed E-state index contributed by atoms with van der Waals surface area (Å²) < 4.78 is 51.6. The first kappa shape index (κ1) is 25.6. The van der Waals surface area contributed by atoms with Crippen LogP contribution in [-0.2, 0) is 30.0 Å². The van der Waals surface area contributed by atoms with Crippen molar-refractivity contribution in [3.8, 4) is 5.75 Å². The van der Waals surface area contributed by atoms with Crippen LogP contribution in [0.4, 0.5) is 10.1 Å². The SMILES string of the molecule is COc1ccc(C(=O)N2CCc3c(c4ccc(Cl)c(F)c4n3C)C2)cc1S(=O)(=O)Nc1ccc(Br)cc1. The van der Waals surface area contributed by atoms with Gasteiger partial charge in [0.05, 0.1) is 17.6 Å². The fraction of sp³-hybridized carbons (Fsp3) is 0.192. The number of nitrogens with zero attached hydrogens (tertiary/aromatic N) is 2. The summed E-state index contributed by atoms with van der Waals surface area (Å²) >= 11 is 9.32. The van der Waals surface area contributed by atoms with Crippen molar-refractivity contribution in [2.45, 2.75) is 17.9 Å². The van der Waals surface area contributed by atoms with Gasteiger partial charge in [-0.1, -0.05) is 33.6 Å². The molecule has 0 saturated heterocycles. The van der Waals surface area contributed by atoms with Gasteiger partial charge in [0.25, 0.3) is 15.9 Å². The molecule has 37 heavy (non-hydrogen) atoms. The highest BCUT2D eigenvalue weighted by Crippen LogP contribution is 2.35. The van der Waals surface area contributed by atoms with E-state index in [1.54, 1.807) is 46.8 Å². The number of hydrogen-bond acceptors (Lipinski definition) is 4. The first-order valence-electron chi connectivity index (χ1n) is 11.3. The van der Waals surface area contributed by atoms with Crippen molar-refractivity contribution in [3.05, 3.63) is 86.7 Å². The molecule has 1 N–H and O–H groups in total. The van der Waals surface area contributed by atoms with E-state index in [2.05, 4.69) is 20.7 Å². The molecular weight excluding hydrogens is 585 g/mol. The molecule has 0 atom stereocenters. The van der Waals surface area contributed by atoms with Gasteiger partial charge in [0, 0.05) is 58.9 Å². The second kappa shape index (κ2) is 9.66. The third-order valence-electron chi connectivity index (χ3n) is 6.53. The average Bonchev–Trinajstić information content (AvgIpc) is 3.18. The van der Waals surface area contributed by atoms with E-state index >= 15 is 0 Å². The molecule has 4 aromatic rings. The van der Waals surface area contributed by atoms with Gasteiger partial charge in [0.1, 0.15) is 10.6 Å². The molecule has 11 heteroatoms. The van der Waals surface area contributed by atoms with Gasteiger partial charge >= 0.3 is 0 Å². The molecule has 0 spiro atoms. The lowest BCUT2D eigenvalue weighted by Crippen LogP contribution is -2.36. The van der Waals surface area contributed by atoms with Crippen LogP contribution in [0.3, 0.4) is 0 Å². The van der Waals surface area contributed by atoms with Crippen LogP contribution in [-0.4, -0.2) is 37.4 Å². The number of nitrogens with one attached hydrogen (secondary N) is 1. The normalized spacial score (nSPS) is 13.5. The van der Waals surface area contributed by atoms with Crippen molar-refractivity contribution in [2.75, 3.05) is 18.4 Å². The minimum Gasteiger partial charge on any atom is -0.495 e. The van der Waals surface area contributed by atoms with E-state index in [4.69, 9.17) is 16.3 Å². The number of aryl methyl sites for hydroxylation is 1. The van der Waals surface area contributed by atoms with Gasteiger partial charge in [0.15, 0.2) is 5.82 Å². The predicted octanol–water partition coefficient (Wildman–Crippen LogP) is 5.74. The molecule has 1 amide bonds. The molecule has 0 radical (unpaired) electrons. The number of carbonyl (C=O) groups is 1. The molecule has 7 nitrogen and oxygen atoms in total. The number of methoxy groups -OCH3 is 1. The van der Waals surface area contributed by atoms with Crippen molar-refractivity contribution in [1.29, 1.82) is 0 Å². The van der Waals surface area contributed by atoms with Crippen LogP contribution in [0.25, 0.3) is 10.9 Å². The second-order valence-corrected chi connectivity index (χ2v) is 11.7. The summed E-state index contributed by atoms with van der Waals surface area (Å²) in [5.74, 6) is -0.708. The number of anilines is 1. The maximum Gasteiger partial charge on any atom is 0.265 e. The average molecular weight is 607 g/mol. The highest BCUT2D eigenvalue weighted by molar-refractivity contribution is 9.10. The summed E-state index contributed by atoms with van der Waals surface area (Å²) in [7, 11) is -0.900. The quantitative estimate of drug-likeness (QED) is 0.314. The Morgan fingerprint density at radius 1 is 1.14 bits per heavy atom. The predicted molar refractivity (Wildman–Crippen MR) is 144 cm³/mol. The van der Waals surface area contributed by atoms with Crippen LogP contribution < -0.4 is 9.46 Å². The molecule has 5 rings (SSSR count). The number of fused-ring (bicyclic) bond motifs is 3. The number of rotatable bonds is 5. The zero-order valence-electron chi connectivity index (χ0n) is 19.9. The van der Waals surface area contributed by atoms with Crippen molar-refractivity contribution in [2.24, 2.45) is 7.05 Å². The van der Waals surface area contributed by atoms with Gasteiger partial charge < -0.3 is 14.2 Å². The molecular formula is C26H22BrClFN3O4S. The Morgan fingerprint density at radius 2 is 1.86 bits per heavy atom. The van der Waals surface area contributed by atoms with Crippen LogP contribution in [0.2, 0.25) is 5.02 Å². The summed E-state index contributed by atoms with van der Waals surface area (Å²) in [6, 6.07) is 14.3. The van der Waals surface area contributed by atoms with Gasteiger partial charge in [0.2, 0.25) is 0 Å². The summed E-state index contributed by atoms with van der Waals surface area (Å²) in [5.41, 5.74) is 2.77. The van der Waals surface area contributed by atoms with Crippen LogP contribution in [0.15, 0.2) is 64.0 Å². The first-order valence-corrected chi connectivity index (χ1v) is 14.0. The molecule has 0 bridgehead atoms. The summed E-state index contributed by atoms with van der Waals surface area (Å²) in [6.07, 6.45) is 0.524. The largest absolute Gasteiger partial charge is 0.495 e. The number of benzene rings is 3. The van der Waals surface area contributed by atoms with Crippen LogP contribution >= 0.6 is 27.5 Å². The Bertz CT molecular complexity index is 1660. The molecule has 0 aliphatic carbocycles. The summed E-state index contributed by atoms with van der Waals surface area (Å²) in [5, 5.41) is 0.746. The number of halogens is 3. The van der Waals surface area contributed by atoms with Crippen LogP contribution in [0.5, 0.6) is 5.75 Å². The minimum atomic E-state index is -4.06. The molecule has 2 heterocycles. The van der Waals surface area contributed by atoms with Crippen molar-refractivity contribution in [1.82, 2.24) is 9.47 Å². The standard InChI is InChI=1S/C26H22BrClFN3O4S/c1-31-21-11-12-32(14-19(21)18-8-9-20(28)24(29)25(18)31)26(33)15-3-10-22(36-2)23(13-15)37(34,35)30-17-6-4-16(27)5-7-17/h3-10,13,30H,11-12,14H2,1-2H3. The zero-order chi connectivity index (χ0) is 26.5. The van der Waals surface area contributed by atoms with Crippen molar-refractivity contribution in [3.63, 3.8) is 0 Å². The van der Waals surface area contributed by atoms with E-state index in [0.29, 0.717) is 29.6 Å². The monoisotopic (exact) mass is 605 g/mol. The van der Waals surface area contributed by atoms with Gasteiger partial charge in [-0.25, -0.2) is 12.8 Å². The number of hydrogen-bond donors (Lipinski definition) is 1. The molecule has 1 aromatic heterocycles. The maximum absolute atomic E-state index is 14.8. The van der Waals surface area contributed by atoms with E-state index in [9.17, 15) is 17.6 Å². The Labute approximate surface area is 227 Å². The van der Waals surface area contributed by atoms with Crippen molar-refractivity contribution < 1.29 is 22.3 Å². The third kappa shape index (κ3) is 4.58. The molecule has 0 fully saturated rings. The molecule has 0 unspecified atom stereocenters. The highest BCUT2D eigenvalue weighted by atomic mass is 79.9. The maximum atomic E-state index is 14.8. The Hall–Kier alpha value is -3.08. The third-order valence-corrected chi connectivity index (χ3v) is 8.76. The Morgan fingerprint density at radius 3 is 2.57 bits per heavy atom. The number of ether oxygens (including phenoxy) is 1.